The molecule has 0 atom stereocenters. The first-order valence-corrected chi connectivity index (χ1v) is 10.9. The second-order valence-corrected chi connectivity index (χ2v) is 8.39. The molecule has 0 spiro atoms. The lowest BCUT2D eigenvalue weighted by molar-refractivity contribution is 0.163. The molecule has 0 saturated carbocycles. The molecule has 5 rings (SSSR count). The van der Waals surface area contributed by atoms with E-state index < -0.39 is 5.60 Å². The van der Waals surface area contributed by atoms with Gasteiger partial charge in [-0.2, -0.15) is 0 Å². The largest absolute Gasteiger partial charge is 0.495 e. The fourth-order valence-electron chi connectivity index (χ4n) is 4.18. The number of rotatable bonds is 4. The van der Waals surface area contributed by atoms with Gasteiger partial charge in [-0.25, -0.2) is 0 Å². The quantitative estimate of drug-likeness (QED) is 0.313. The van der Waals surface area contributed by atoms with Gasteiger partial charge in [0.1, 0.15) is 17.2 Å². The molecule has 0 saturated heterocycles. The Hall–Kier alpha value is -3.14. The topological polar surface area (TPSA) is 27.7 Å². The molecule has 0 bridgehead atoms. The average Bonchev–Trinajstić information content (AvgIpc) is 2.83. The van der Waals surface area contributed by atoms with Crippen molar-refractivity contribution < 1.29 is 14.2 Å². The molecular formula is C27H20Cl2O3. The Morgan fingerprint density at radius 3 is 1.97 bits per heavy atom. The zero-order valence-electron chi connectivity index (χ0n) is 17.6. The van der Waals surface area contributed by atoms with Crippen LogP contribution in [0.2, 0.25) is 10.0 Å². The normalized spacial score (nSPS) is 14.0. The van der Waals surface area contributed by atoms with Crippen LogP contribution in [0, 0.1) is 0 Å². The van der Waals surface area contributed by atoms with Crippen LogP contribution in [0.25, 0.3) is 16.8 Å². The Morgan fingerprint density at radius 1 is 0.750 bits per heavy atom. The number of fused-ring (bicyclic) bond motifs is 3. The van der Waals surface area contributed by atoms with Crippen molar-refractivity contribution in [2.24, 2.45) is 0 Å². The van der Waals surface area contributed by atoms with Crippen LogP contribution in [0.5, 0.6) is 17.2 Å². The molecular weight excluding hydrogens is 443 g/mol. The van der Waals surface area contributed by atoms with Gasteiger partial charge >= 0.3 is 0 Å². The van der Waals surface area contributed by atoms with Crippen molar-refractivity contribution in [2.45, 2.75) is 5.60 Å². The Bertz CT molecular complexity index is 1310. The molecule has 0 aliphatic carbocycles. The van der Waals surface area contributed by atoms with Crippen LogP contribution in [0.1, 0.15) is 16.7 Å². The summed E-state index contributed by atoms with van der Waals surface area (Å²) < 4.78 is 17.6. The highest BCUT2D eigenvalue weighted by Crippen LogP contribution is 2.47. The Morgan fingerprint density at radius 2 is 1.38 bits per heavy atom. The summed E-state index contributed by atoms with van der Waals surface area (Å²) in [5, 5.41) is 3.16. The average molecular weight is 463 g/mol. The summed E-state index contributed by atoms with van der Waals surface area (Å²) in [5.41, 5.74) is 1.79. The third kappa shape index (κ3) is 3.29. The van der Waals surface area contributed by atoms with E-state index >= 15 is 0 Å². The second-order valence-electron chi connectivity index (χ2n) is 7.57. The van der Waals surface area contributed by atoms with Gasteiger partial charge in [0.15, 0.2) is 5.60 Å². The molecule has 1 aliphatic heterocycles. The maximum Gasteiger partial charge on any atom is 0.178 e. The van der Waals surface area contributed by atoms with Gasteiger partial charge in [-0.15, -0.1) is 0 Å². The Kier molecular flexibility index (Phi) is 5.24. The summed E-state index contributed by atoms with van der Waals surface area (Å²) in [6.07, 6.45) is 4.13. The number of halogens is 2. The highest BCUT2D eigenvalue weighted by atomic mass is 35.5. The van der Waals surface area contributed by atoms with E-state index in [-0.39, 0.29) is 0 Å². The van der Waals surface area contributed by atoms with Crippen LogP contribution in [-0.2, 0) is 5.60 Å². The third-order valence-corrected chi connectivity index (χ3v) is 6.42. The van der Waals surface area contributed by atoms with Gasteiger partial charge in [0.25, 0.3) is 0 Å². The van der Waals surface area contributed by atoms with Crippen molar-refractivity contribution in [2.75, 3.05) is 14.2 Å². The summed E-state index contributed by atoms with van der Waals surface area (Å²) in [7, 11) is 3.19. The van der Waals surface area contributed by atoms with E-state index in [4.69, 9.17) is 37.4 Å². The summed E-state index contributed by atoms with van der Waals surface area (Å²) in [5.74, 6) is 2.01. The van der Waals surface area contributed by atoms with Crippen LogP contribution < -0.4 is 14.2 Å². The highest BCUT2D eigenvalue weighted by molar-refractivity contribution is 6.32. The van der Waals surface area contributed by atoms with E-state index in [2.05, 4.69) is 30.3 Å². The first kappa shape index (κ1) is 20.7. The summed E-state index contributed by atoms with van der Waals surface area (Å²) >= 11 is 13.0. The van der Waals surface area contributed by atoms with Crippen LogP contribution in [0.4, 0.5) is 0 Å². The van der Waals surface area contributed by atoms with Gasteiger partial charge in [0.2, 0.25) is 0 Å². The minimum atomic E-state index is -0.942. The highest BCUT2D eigenvalue weighted by Gasteiger charge is 2.38. The lowest BCUT2D eigenvalue weighted by Crippen LogP contribution is -2.34. The zero-order chi connectivity index (χ0) is 22.3. The fraction of sp³-hybridized carbons (Fsp3) is 0.111. The molecule has 0 amide bonds. The van der Waals surface area contributed by atoms with E-state index in [1.807, 2.05) is 54.6 Å². The van der Waals surface area contributed by atoms with E-state index in [1.54, 1.807) is 14.2 Å². The molecule has 0 fully saturated rings. The predicted octanol–water partition coefficient (Wildman–Crippen LogP) is 7.51. The smallest absolute Gasteiger partial charge is 0.178 e. The lowest BCUT2D eigenvalue weighted by atomic mass is 9.83. The van der Waals surface area contributed by atoms with Crippen molar-refractivity contribution in [1.82, 2.24) is 0 Å². The lowest BCUT2D eigenvalue weighted by Gasteiger charge is -2.37. The molecule has 4 aromatic carbocycles. The van der Waals surface area contributed by atoms with E-state index in [9.17, 15) is 0 Å². The van der Waals surface area contributed by atoms with Crippen molar-refractivity contribution in [3.8, 4) is 17.2 Å². The zero-order valence-corrected chi connectivity index (χ0v) is 19.1. The molecule has 3 nitrogen and oxygen atoms in total. The molecule has 0 aromatic heterocycles. The maximum absolute atomic E-state index is 6.88. The molecule has 0 N–H and O–H groups in total. The Labute approximate surface area is 196 Å². The van der Waals surface area contributed by atoms with Crippen molar-refractivity contribution >= 4 is 40.1 Å². The van der Waals surface area contributed by atoms with Crippen molar-refractivity contribution in [3.05, 3.63) is 106 Å². The second kappa shape index (κ2) is 8.09. The number of hydrogen-bond acceptors (Lipinski definition) is 3. The maximum atomic E-state index is 6.88. The third-order valence-electron chi connectivity index (χ3n) is 5.83. The minimum absolute atomic E-state index is 0.504. The number of hydrogen-bond donors (Lipinski definition) is 0. The predicted molar refractivity (Wildman–Crippen MR) is 130 cm³/mol. The van der Waals surface area contributed by atoms with Crippen LogP contribution in [0.15, 0.2) is 78.9 Å². The minimum Gasteiger partial charge on any atom is -0.495 e. The fourth-order valence-corrected chi connectivity index (χ4v) is 4.69. The summed E-state index contributed by atoms with van der Waals surface area (Å²) in [4.78, 5) is 0. The Balaban J connectivity index is 1.76. The molecule has 0 unspecified atom stereocenters. The first-order chi connectivity index (χ1) is 15.6. The van der Waals surface area contributed by atoms with E-state index in [0.29, 0.717) is 21.5 Å². The SMILES string of the molecule is COc1ccc(C2(c3ccc(OC)c(Cl)c3)C=Cc3ccc4ccccc4c3O2)cc1Cl. The molecule has 1 aliphatic rings. The molecule has 4 aromatic rings. The van der Waals surface area contributed by atoms with Crippen LogP contribution >= 0.6 is 23.2 Å². The number of benzene rings is 4. The molecule has 5 heteroatoms. The molecule has 32 heavy (non-hydrogen) atoms. The first-order valence-electron chi connectivity index (χ1n) is 10.1. The van der Waals surface area contributed by atoms with E-state index in [0.717, 1.165) is 33.2 Å². The molecule has 1 heterocycles. The summed E-state index contributed by atoms with van der Waals surface area (Å²) in [6, 6.07) is 23.7. The van der Waals surface area contributed by atoms with Crippen molar-refractivity contribution in [3.63, 3.8) is 0 Å². The standard InChI is InChI=1S/C27H20Cl2O3/c1-30-24-11-9-19(15-22(24)28)27(20-10-12-25(31-2)23(29)16-20)14-13-18-8-7-17-5-3-4-6-21(17)26(18)32-27/h3-16H,1-2H3. The van der Waals surface area contributed by atoms with Gasteiger partial charge in [-0.1, -0.05) is 77.8 Å². The monoisotopic (exact) mass is 462 g/mol. The van der Waals surface area contributed by atoms with Gasteiger partial charge < -0.3 is 14.2 Å². The van der Waals surface area contributed by atoms with Gasteiger partial charge in [0, 0.05) is 22.1 Å². The molecule has 160 valence electrons. The van der Waals surface area contributed by atoms with Crippen molar-refractivity contribution in [1.29, 1.82) is 0 Å². The van der Waals surface area contributed by atoms with Gasteiger partial charge in [-0.05, 0) is 35.7 Å². The number of methoxy groups -OCH3 is 2. The van der Waals surface area contributed by atoms with Gasteiger partial charge in [-0.3, -0.25) is 0 Å². The molecule has 0 radical (unpaired) electrons. The van der Waals surface area contributed by atoms with E-state index in [1.165, 1.54) is 0 Å². The summed E-state index contributed by atoms with van der Waals surface area (Å²) in [6.45, 7) is 0. The van der Waals surface area contributed by atoms with Crippen LogP contribution in [-0.4, -0.2) is 14.2 Å². The number of ether oxygens (including phenoxy) is 3. The van der Waals surface area contributed by atoms with Gasteiger partial charge in [0.05, 0.1) is 24.3 Å². The van der Waals surface area contributed by atoms with Crippen LogP contribution in [0.3, 0.4) is 0 Å².